The number of nitrogens with zero attached hydrogens (tertiary/aromatic N) is 3. The Morgan fingerprint density at radius 1 is 0.875 bits per heavy atom. The fourth-order valence-corrected chi connectivity index (χ4v) is 8.19. The molecule has 10 unspecified atom stereocenters. The number of rotatable bonds is 21. The Kier molecular flexibility index (Phi) is 29.0. The number of aromatic nitrogens is 2. The minimum atomic E-state index is -3.46. The Balaban J connectivity index is 0.00000110. The molecule has 0 saturated carbocycles. The van der Waals surface area contributed by atoms with Gasteiger partial charge < -0.3 is 31.9 Å². The van der Waals surface area contributed by atoms with Crippen molar-refractivity contribution in [3.05, 3.63) is 23.0 Å². The maximum Gasteiger partial charge on any atom is 0.311 e. The van der Waals surface area contributed by atoms with Gasteiger partial charge in [0.1, 0.15) is 27.4 Å². The van der Waals surface area contributed by atoms with Crippen LogP contribution in [0.25, 0.3) is 6.08 Å². The van der Waals surface area contributed by atoms with E-state index in [1.54, 1.807) is 13.8 Å². The second-order valence-corrected chi connectivity index (χ2v) is 25.8. The van der Waals surface area contributed by atoms with Crippen LogP contribution in [0.15, 0.2) is 6.08 Å². The highest BCUT2D eigenvalue weighted by Gasteiger charge is 2.22. The summed E-state index contributed by atoms with van der Waals surface area (Å²) in [4.78, 5) is 42.7. The first kappa shape index (κ1) is 50.2. The molecular weight excluding hydrogens is 874 g/mol. The van der Waals surface area contributed by atoms with Gasteiger partial charge in [0.25, 0.3) is 0 Å². The molecule has 1 heterocycles. The first-order valence-electron chi connectivity index (χ1n) is 13.3. The summed E-state index contributed by atoms with van der Waals surface area (Å²) < 4.78 is 56.1. The van der Waals surface area contributed by atoms with Crippen molar-refractivity contribution in [3.8, 4) is 0 Å². The maximum atomic E-state index is 12.0. The van der Waals surface area contributed by atoms with Crippen molar-refractivity contribution in [2.75, 3.05) is 17.6 Å². The van der Waals surface area contributed by atoms with Crippen LogP contribution in [-0.2, 0) is 51.5 Å². The predicted molar refractivity (Wildman–Crippen MR) is 228 cm³/mol. The third-order valence-corrected chi connectivity index (χ3v) is 11.4. The molecule has 0 aliphatic rings. The van der Waals surface area contributed by atoms with Gasteiger partial charge in [0.05, 0.1) is 48.8 Å². The molecule has 0 aliphatic heterocycles. The van der Waals surface area contributed by atoms with Crippen LogP contribution in [0, 0.1) is 13.8 Å². The van der Waals surface area contributed by atoms with E-state index in [9.17, 15) is 22.8 Å². The van der Waals surface area contributed by atoms with Crippen molar-refractivity contribution in [3.63, 3.8) is 0 Å². The zero-order valence-electron chi connectivity index (χ0n) is 26.6. The average molecular weight is 919 g/mol. The minimum Gasteiger partial charge on any atom is -0.437 e. The summed E-state index contributed by atoms with van der Waals surface area (Å²) in [5, 5.41) is 0. The zero-order valence-corrected chi connectivity index (χ0v) is 40.5. The van der Waals surface area contributed by atoms with Gasteiger partial charge >= 0.3 is 11.9 Å². The van der Waals surface area contributed by atoms with Crippen molar-refractivity contribution < 1.29 is 49.9 Å². The van der Waals surface area contributed by atoms with Gasteiger partial charge in [0, 0.05) is 61.4 Å². The summed E-state index contributed by atoms with van der Waals surface area (Å²) >= 11 is 0. The molecule has 0 bridgehead atoms. The first-order valence-corrected chi connectivity index (χ1v) is 30.5. The minimum absolute atomic E-state index is 0.113. The lowest BCUT2D eigenvalue weighted by molar-refractivity contribution is -0.136. The lowest BCUT2D eigenvalue weighted by atomic mass is 10.1. The number of hydrogen-bond donors (Lipinski definition) is 0. The Morgan fingerprint density at radius 2 is 1.29 bits per heavy atom. The fraction of sp³-hybridized carbons (Fsp3) is 0.571. The van der Waals surface area contributed by atoms with Crippen LogP contribution in [0.4, 0.5) is 5.95 Å². The molecular formula is C21H45N3O11P12S. The van der Waals surface area contributed by atoms with E-state index in [0.29, 0.717) is 30.5 Å². The van der Waals surface area contributed by atoms with Crippen LogP contribution in [-0.4, -0.2) is 74.3 Å². The van der Waals surface area contributed by atoms with Gasteiger partial charge in [0.2, 0.25) is 16.0 Å². The molecule has 27 heteroatoms. The van der Waals surface area contributed by atoms with Gasteiger partial charge in [0.15, 0.2) is 0 Å². The van der Waals surface area contributed by atoms with Gasteiger partial charge in [-0.05, 0) is 13.8 Å². The van der Waals surface area contributed by atoms with E-state index in [-0.39, 0.29) is 66.0 Å². The van der Waals surface area contributed by atoms with E-state index in [2.05, 4.69) is 73.0 Å². The number of sulfonamides is 1. The van der Waals surface area contributed by atoms with Crippen molar-refractivity contribution in [1.29, 1.82) is 0 Å². The largest absolute Gasteiger partial charge is 0.437 e. The molecule has 0 saturated heterocycles. The molecule has 1 aromatic rings. The van der Waals surface area contributed by atoms with E-state index in [1.807, 2.05) is 21.6 Å². The van der Waals surface area contributed by atoms with Crippen LogP contribution in [0.3, 0.4) is 0 Å². The number of anilines is 1. The Labute approximate surface area is 307 Å². The Morgan fingerprint density at radius 3 is 1.62 bits per heavy atom. The number of hydrogen-bond acceptors (Lipinski definition) is 13. The molecule has 0 N–H and O–H groups in total. The van der Waals surface area contributed by atoms with Crippen molar-refractivity contribution in [1.82, 2.24) is 9.97 Å². The molecule has 14 atom stereocenters. The van der Waals surface area contributed by atoms with Crippen LogP contribution in [0.5, 0.6) is 0 Å². The molecule has 1 rings (SSSR count). The molecule has 0 aliphatic carbocycles. The van der Waals surface area contributed by atoms with Gasteiger partial charge in [-0.1, -0.05) is 65.7 Å². The zero-order chi connectivity index (χ0) is 37.0. The molecule has 0 radical (unpaired) electrons. The van der Waals surface area contributed by atoms with Crippen LogP contribution >= 0.6 is 105 Å². The lowest BCUT2D eigenvalue weighted by Gasteiger charge is -2.20. The first-order chi connectivity index (χ1) is 22.4. The molecule has 14 nitrogen and oxygen atoms in total. The Bertz CT molecular complexity index is 1260. The van der Waals surface area contributed by atoms with Gasteiger partial charge in [-0.15, -0.1) is 0 Å². The van der Waals surface area contributed by atoms with E-state index in [0.717, 1.165) is 16.1 Å². The van der Waals surface area contributed by atoms with Gasteiger partial charge in [-0.2, -0.15) is 0 Å². The third kappa shape index (κ3) is 22.4. The highest BCUT2D eigenvalue weighted by Crippen LogP contribution is 2.54. The summed E-state index contributed by atoms with van der Waals surface area (Å²) in [5.74, 6) is -0.561. The van der Waals surface area contributed by atoms with E-state index >= 15 is 0 Å². The van der Waals surface area contributed by atoms with Gasteiger partial charge in [-0.25, -0.2) is 22.7 Å². The topological polar surface area (TPSA) is 170 Å². The third-order valence-electron chi connectivity index (χ3n) is 5.74. The smallest absolute Gasteiger partial charge is 0.311 e. The summed E-state index contributed by atoms with van der Waals surface area (Å²) in [7, 11) is 15.3. The quantitative estimate of drug-likeness (QED) is 0.101. The van der Waals surface area contributed by atoms with E-state index < -0.39 is 31.2 Å². The standard InChI is InChI=1S/C15H29N3O6P6S.C6H16O5P6/c1-9-13(10(2)17-15(16-9)18(3)31(4,20)21)6-5-11(22-25)7-12(23-29-26)8-14(19)24-30(27)28;7-3-5(9-12)1-4(10-16-13)2-6(8)11-17(14)15/h5-6,11-12,29H,7-8,25-28H2,1-4H3;3-5,16H,1-2,12-15H2/b6-5+;/t11-,12-;4-,5+/m11/s1. The molecule has 1 aromatic heterocycles. The lowest BCUT2D eigenvalue weighted by Crippen LogP contribution is -2.27. The molecule has 276 valence electrons. The van der Waals surface area contributed by atoms with Crippen molar-refractivity contribution in [2.45, 2.75) is 63.9 Å². The number of aryl methyl sites for hydroxylation is 2. The van der Waals surface area contributed by atoms with Crippen LogP contribution in [0.2, 0.25) is 0 Å². The summed E-state index contributed by atoms with van der Waals surface area (Å²) in [5.41, 5.74) is 2.03. The van der Waals surface area contributed by atoms with E-state index in [4.69, 9.17) is 27.1 Å². The molecule has 0 spiro atoms. The van der Waals surface area contributed by atoms with Crippen molar-refractivity contribution in [2.24, 2.45) is 0 Å². The Hall–Kier alpha value is 2.18. The maximum absolute atomic E-state index is 12.0. The SMILES string of the molecule is Cc1nc(N(C)S(C)(=O)=O)nc(C)c1/C=C/[C@H](C[C@H](CC(=O)OP(P)P)OPP)OP.O=C[C@H](C[C@H](CC(=O)OP(P)P)OPP)OP. The fourth-order valence-electron chi connectivity index (χ4n) is 3.50. The molecule has 0 aromatic carbocycles. The second-order valence-electron chi connectivity index (χ2n) is 9.42. The number of carbonyl (C=O) groups excluding carboxylic acids is 3. The summed E-state index contributed by atoms with van der Waals surface area (Å²) in [6.07, 6.45) is 4.75. The molecule has 0 amide bonds. The molecule has 0 fully saturated rings. The predicted octanol–water partition coefficient (Wildman–Crippen LogP) is 6.18. The van der Waals surface area contributed by atoms with Crippen molar-refractivity contribution >= 4 is 145 Å². The second kappa shape index (κ2) is 27.7. The van der Waals surface area contributed by atoms with Crippen LogP contribution in [0.1, 0.15) is 42.6 Å². The summed E-state index contributed by atoms with van der Waals surface area (Å²) in [6, 6.07) is 0. The highest BCUT2D eigenvalue weighted by atomic mass is 32.4. The number of carbonyl (C=O) groups is 3. The average Bonchev–Trinajstić information content (AvgIpc) is 2.97. The normalized spacial score (nSPS) is 14.7. The van der Waals surface area contributed by atoms with Gasteiger partial charge in [-0.3, -0.25) is 9.59 Å². The monoisotopic (exact) mass is 919 g/mol. The number of aldehydes is 1. The highest BCUT2D eigenvalue weighted by molar-refractivity contribution is 8.41. The molecule has 48 heavy (non-hydrogen) atoms. The van der Waals surface area contributed by atoms with E-state index in [1.165, 1.54) is 7.05 Å². The van der Waals surface area contributed by atoms with Crippen LogP contribution < -0.4 is 4.31 Å². The summed E-state index contributed by atoms with van der Waals surface area (Å²) in [6.45, 7) is 3.57.